The van der Waals surface area contributed by atoms with Crippen LogP contribution in [-0.2, 0) is 27.5 Å². The molecule has 0 aliphatic heterocycles. The van der Waals surface area contributed by atoms with Gasteiger partial charge in [0.05, 0.1) is 12.7 Å². The SMILES string of the molecule is C1CCC(NC2CCCCC2)CC1.C[C@H](OCc1ccccc1)[C@@H](NC(=O)OCc1ccccc1)C(=O)O. The molecule has 2 aliphatic rings. The molecule has 3 N–H and O–H groups in total. The van der Waals surface area contributed by atoms with Crippen LogP contribution in [0.25, 0.3) is 0 Å². The van der Waals surface area contributed by atoms with Crippen molar-refractivity contribution in [3.05, 3.63) is 71.8 Å². The summed E-state index contributed by atoms with van der Waals surface area (Å²) < 4.78 is 10.6. The highest BCUT2D eigenvalue weighted by Crippen LogP contribution is 2.22. The Kier molecular flexibility index (Phi) is 13.1. The van der Waals surface area contributed by atoms with Gasteiger partial charge in [0.25, 0.3) is 0 Å². The Labute approximate surface area is 227 Å². The first-order valence-corrected chi connectivity index (χ1v) is 14.1. The van der Waals surface area contributed by atoms with Crippen LogP contribution in [0.3, 0.4) is 0 Å². The quantitative estimate of drug-likeness (QED) is 0.342. The molecule has 2 fully saturated rings. The van der Waals surface area contributed by atoms with E-state index in [9.17, 15) is 14.7 Å². The van der Waals surface area contributed by atoms with Crippen molar-refractivity contribution in [2.24, 2.45) is 0 Å². The average molecular weight is 525 g/mol. The van der Waals surface area contributed by atoms with E-state index >= 15 is 0 Å². The lowest BCUT2D eigenvalue weighted by molar-refractivity contribution is -0.143. The Morgan fingerprint density at radius 1 is 0.789 bits per heavy atom. The lowest BCUT2D eigenvalue weighted by atomic mass is 9.91. The third-order valence-corrected chi connectivity index (χ3v) is 7.26. The minimum absolute atomic E-state index is 0.0677. The van der Waals surface area contributed by atoms with Gasteiger partial charge in [0.1, 0.15) is 6.61 Å². The van der Waals surface area contributed by atoms with Crippen molar-refractivity contribution < 1.29 is 24.2 Å². The third-order valence-electron chi connectivity index (χ3n) is 7.26. The summed E-state index contributed by atoms with van der Waals surface area (Å²) >= 11 is 0. The molecular weight excluding hydrogens is 480 g/mol. The summed E-state index contributed by atoms with van der Waals surface area (Å²) in [6, 6.07) is 19.1. The molecular formula is C31H44N2O5. The fraction of sp³-hybridized carbons (Fsp3) is 0.548. The van der Waals surface area contributed by atoms with Crippen molar-refractivity contribution in [1.82, 2.24) is 10.6 Å². The summed E-state index contributed by atoms with van der Waals surface area (Å²) in [4.78, 5) is 23.3. The number of ether oxygens (including phenoxy) is 2. The normalized spacial score (nSPS) is 17.9. The van der Waals surface area contributed by atoms with E-state index in [2.05, 4.69) is 10.6 Å². The number of hydrogen-bond acceptors (Lipinski definition) is 5. The molecule has 2 aliphatic carbocycles. The molecule has 7 heteroatoms. The van der Waals surface area contributed by atoms with Crippen LogP contribution in [0.5, 0.6) is 0 Å². The van der Waals surface area contributed by atoms with Gasteiger partial charge in [-0.1, -0.05) is 99.2 Å². The summed E-state index contributed by atoms with van der Waals surface area (Å²) in [5, 5.41) is 15.5. The van der Waals surface area contributed by atoms with E-state index in [4.69, 9.17) is 9.47 Å². The van der Waals surface area contributed by atoms with Crippen molar-refractivity contribution in [2.75, 3.05) is 0 Å². The summed E-state index contributed by atoms with van der Waals surface area (Å²) in [6.07, 6.45) is 13.0. The fourth-order valence-corrected chi connectivity index (χ4v) is 5.04. The molecule has 1 amide bonds. The van der Waals surface area contributed by atoms with Gasteiger partial charge >= 0.3 is 12.1 Å². The van der Waals surface area contributed by atoms with Crippen molar-refractivity contribution in [3.63, 3.8) is 0 Å². The molecule has 0 radical (unpaired) electrons. The van der Waals surface area contributed by atoms with E-state index in [1.165, 1.54) is 64.2 Å². The van der Waals surface area contributed by atoms with E-state index in [0.717, 1.165) is 23.2 Å². The van der Waals surface area contributed by atoms with E-state index in [-0.39, 0.29) is 13.2 Å². The van der Waals surface area contributed by atoms with Crippen LogP contribution in [0.2, 0.25) is 0 Å². The molecule has 208 valence electrons. The monoisotopic (exact) mass is 524 g/mol. The van der Waals surface area contributed by atoms with E-state index in [1.807, 2.05) is 60.7 Å². The largest absolute Gasteiger partial charge is 0.480 e. The number of carbonyl (C=O) groups is 2. The van der Waals surface area contributed by atoms with E-state index in [1.54, 1.807) is 6.92 Å². The summed E-state index contributed by atoms with van der Waals surface area (Å²) in [6.45, 7) is 1.92. The van der Waals surface area contributed by atoms with Gasteiger partial charge in [0.2, 0.25) is 0 Å². The summed E-state index contributed by atoms with van der Waals surface area (Å²) in [5.41, 5.74) is 1.74. The van der Waals surface area contributed by atoms with Gasteiger partial charge in [-0.15, -0.1) is 0 Å². The lowest BCUT2D eigenvalue weighted by Gasteiger charge is -2.30. The summed E-state index contributed by atoms with van der Waals surface area (Å²) in [7, 11) is 0. The molecule has 0 aromatic heterocycles. The van der Waals surface area contributed by atoms with Crippen LogP contribution in [0, 0.1) is 0 Å². The first kappa shape index (κ1) is 29.7. The number of hydrogen-bond donors (Lipinski definition) is 3. The highest BCUT2D eigenvalue weighted by Gasteiger charge is 2.28. The lowest BCUT2D eigenvalue weighted by Crippen LogP contribution is -2.48. The highest BCUT2D eigenvalue weighted by molar-refractivity contribution is 5.80. The number of benzene rings is 2. The second-order valence-corrected chi connectivity index (χ2v) is 10.4. The van der Waals surface area contributed by atoms with Crippen LogP contribution in [0.4, 0.5) is 4.79 Å². The first-order chi connectivity index (χ1) is 18.5. The molecule has 0 bridgehead atoms. The zero-order valence-electron chi connectivity index (χ0n) is 22.6. The average Bonchev–Trinajstić information content (AvgIpc) is 2.96. The van der Waals surface area contributed by atoms with Crippen LogP contribution in [0.1, 0.15) is 82.3 Å². The number of carboxylic acids is 1. The second kappa shape index (κ2) is 16.8. The molecule has 2 atom stereocenters. The van der Waals surface area contributed by atoms with E-state index < -0.39 is 24.2 Å². The maximum Gasteiger partial charge on any atom is 0.408 e. The van der Waals surface area contributed by atoms with Gasteiger partial charge in [-0.3, -0.25) is 0 Å². The number of carboxylic acid groups (broad SMARTS) is 1. The molecule has 0 heterocycles. The number of carbonyl (C=O) groups excluding carboxylic acids is 1. The highest BCUT2D eigenvalue weighted by atomic mass is 16.5. The van der Waals surface area contributed by atoms with Gasteiger partial charge in [-0.2, -0.15) is 0 Å². The summed E-state index contributed by atoms with van der Waals surface area (Å²) in [5.74, 6) is -1.18. The first-order valence-electron chi connectivity index (χ1n) is 14.1. The molecule has 38 heavy (non-hydrogen) atoms. The number of nitrogens with one attached hydrogen (secondary N) is 2. The van der Waals surface area contributed by atoms with Gasteiger partial charge in [0.15, 0.2) is 6.04 Å². The topological polar surface area (TPSA) is 96.9 Å². The maximum absolute atomic E-state index is 11.9. The Morgan fingerprint density at radius 3 is 1.74 bits per heavy atom. The van der Waals surface area contributed by atoms with E-state index in [0.29, 0.717) is 0 Å². The zero-order chi connectivity index (χ0) is 27.0. The molecule has 2 saturated carbocycles. The number of aliphatic carboxylic acids is 1. The van der Waals surface area contributed by atoms with Crippen molar-refractivity contribution >= 4 is 12.1 Å². The zero-order valence-corrected chi connectivity index (χ0v) is 22.6. The second-order valence-electron chi connectivity index (χ2n) is 10.4. The van der Waals surface area contributed by atoms with Crippen LogP contribution in [-0.4, -0.2) is 41.4 Å². The minimum Gasteiger partial charge on any atom is -0.480 e. The molecule has 2 aromatic rings. The fourth-order valence-electron chi connectivity index (χ4n) is 5.04. The van der Waals surface area contributed by atoms with Gasteiger partial charge in [-0.25, -0.2) is 9.59 Å². The molecule has 0 saturated heterocycles. The van der Waals surface area contributed by atoms with Crippen molar-refractivity contribution in [1.29, 1.82) is 0 Å². The smallest absolute Gasteiger partial charge is 0.408 e. The predicted molar refractivity (Wildman–Crippen MR) is 149 cm³/mol. The minimum atomic E-state index is -1.20. The Balaban J connectivity index is 0.000000256. The number of rotatable bonds is 10. The Morgan fingerprint density at radius 2 is 1.26 bits per heavy atom. The third kappa shape index (κ3) is 11.2. The number of amides is 1. The van der Waals surface area contributed by atoms with Crippen molar-refractivity contribution in [3.8, 4) is 0 Å². The maximum atomic E-state index is 11.9. The standard InChI is InChI=1S/C19H21NO5.C12H23N/c1-14(24-12-15-8-4-2-5-9-15)17(18(21)22)20-19(23)25-13-16-10-6-3-7-11-16;1-3-7-11(8-4-1)13-12-9-5-2-6-10-12/h2-11,14,17H,12-13H2,1H3,(H,20,23)(H,21,22);11-13H,1-10H2/t14-,17+;/m0./s1. The van der Waals surface area contributed by atoms with Crippen LogP contribution >= 0.6 is 0 Å². The van der Waals surface area contributed by atoms with Gasteiger partial charge in [0, 0.05) is 12.1 Å². The van der Waals surface area contributed by atoms with Gasteiger partial charge in [-0.05, 0) is 43.7 Å². The van der Waals surface area contributed by atoms with Crippen LogP contribution in [0.15, 0.2) is 60.7 Å². The number of alkyl carbamates (subject to hydrolysis) is 1. The molecule has 2 aromatic carbocycles. The Hall–Kier alpha value is -2.90. The molecule has 0 spiro atoms. The predicted octanol–water partition coefficient (Wildman–Crippen LogP) is 6.21. The van der Waals surface area contributed by atoms with Gasteiger partial charge < -0.3 is 25.2 Å². The Bertz CT molecular complexity index is 912. The van der Waals surface area contributed by atoms with Crippen LogP contribution < -0.4 is 10.6 Å². The molecule has 0 unspecified atom stereocenters. The molecule has 4 rings (SSSR count). The van der Waals surface area contributed by atoms with Crippen molar-refractivity contribution in [2.45, 2.75) is 109 Å². The molecule has 7 nitrogen and oxygen atoms in total.